The molecule has 2 aliphatic rings. The van der Waals surface area contributed by atoms with Gasteiger partial charge in [0.1, 0.15) is 0 Å². The Kier molecular flexibility index (Phi) is 4.65. The highest BCUT2D eigenvalue weighted by Crippen LogP contribution is 2.33. The lowest BCUT2D eigenvalue weighted by atomic mass is 9.87. The van der Waals surface area contributed by atoms with Crippen LogP contribution in [0.3, 0.4) is 0 Å². The summed E-state index contributed by atoms with van der Waals surface area (Å²) in [5, 5.41) is 4.10. The molecule has 3 amide bonds. The van der Waals surface area contributed by atoms with Crippen molar-refractivity contribution >= 4 is 40.0 Å². The molecule has 1 aliphatic carbocycles. The van der Waals surface area contributed by atoms with Crippen molar-refractivity contribution in [3.8, 4) is 0 Å². The molecule has 1 fully saturated rings. The molecule has 5 rings (SSSR count). The first kappa shape index (κ1) is 19.5. The Labute approximate surface area is 180 Å². The Morgan fingerprint density at radius 1 is 1.10 bits per heavy atom. The molecule has 6 nitrogen and oxygen atoms in total. The van der Waals surface area contributed by atoms with Gasteiger partial charge >= 0.3 is 0 Å². The molecule has 0 radical (unpaired) electrons. The number of nitrogens with one attached hydrogen (secondary N) is 2. The van der Waals surface area contributed by atoms with Crippen LogP contribution < -0.4 is 10.2 Å². The van der Waals surface area contributed by atoms with Crippen molar-refractivity contribution in [2.75, 3.05) is 10.2 Å². The molecule has 3 aromatic rings. The molecule has 0 spiro atoms. The van der Waals surface area contributed by atoms with Gasteiger partial charge < -0.3 is 10.3 Å². The minimum atomic E-state index is -0.183. The highest BCUT2D eigenvalue weighted by Gasteiger charge is 2.31. The molecule has 1 atom stereocenters. The van der Waals surface area contributed by atoms with Gasteiger partial charge in [-0.2, -0.15) is 0 Å². The molecule has 2 aromatic carbocycles. The van der Waals surface area contributed by atoms with E-state index < -0.39 is 0 Å². The Balaban J connectivity index is 1.43. The van der Waals surface area contributed by atoms with Gasteiger partial charge in [0.2, 0.25) is 11.8 Å². The summed E-state index contributed by atoms with van der Waals surface area (Å²) in [5.41, 5.74) is 6.07. The van der Waals surface area contributed by atoms with Crippen LogP contribution in [0.15, 0.2) is 36.4 Å². The van der Waals surface area contributed by atoms with E-state index in [1.54, 1.807) is 18.2 Å². The summed E-state index contributed by atoms with van der Waals surface area (Å²) >= 11 is 0. The van der Waals surface area contributed by atoms with Crippen LogP contribution in [0.5, 0.6) is 0 Å². The smallest absolute Gasteiger partial charge is 0.257 e. The van der Waals surface area contributed by atoms with E-state index in [1.807, 2.05) is 19.1 Å². The molecule has 0 saturated carbocycles. The van der Waals surface area contributed by atoms with E-state index in [0.29, 0.717) is 22.9 Å². The van der Waals surface area contributed by atoms with E-state index in [2.05, 4.69) is 23.3 Å². The summed E-state index contributed by atoms with van der Waals surface area (Å²) in [5.74, 6) is 0.112. The van der Waals surface area contributed by atoms with E-state index in [1.165, 1.54) is 16.2 Å². The molecule has 2 N–H and O–H groups in total. The molecule has 158 valence electrons. The van der Waals surface area contributed by atoms with Crippen molar-refractivity contribution in [3.05, 3.63) is 58.8 Å². The van der Waals surface area contributed by atoms with Crippen LogP contribution in [0.1, 0.15) is 53.4 Å². The van der Waals surface area contributed by atoms with E-state index in [0.717, 1.165) is 35.7 Å². The Morgan fingerprint density at radius 2 is 1.87 bits per heavy atom. The number of H-pyrrole nitrogens is 1. The van der Waals surface area contributed by atoms with Gasteiger partial charge in [-0.05, 0) is 67.5 Å². The highest BCUT2D eigenvalue weighted by atomic mass is 16.2. The van der Waals surface area contributed by atoms with Crippen LogP contribution in [0, 0.1) is 12.8 Å². The second-order valence-corrected chi connectivity index (χ2v) is 8.74. The summed E-state index contributed by atoms with van der Waals surface area (Å²) in [6.07, 6.45) is 3.71. The van der Waals surface area contributed by atoms with Gasteiger partial charge in [0.05, 0.1) is 16.8 Å². The number of anilines is 2. The third kappa shape index (κ3) is 3.32. The quantitative estimate of drug-likeness (QED) is 0.618. The molecule has 0 bridgehead atoms. The van der Waals surface area contributed by atoms with Gasteiger partial charge in [-0.3, -0.25) is 19.3 Å². The minimum Gasteiger partial charge on any atom is -0.358 e. The lowest BCUT2D eigenvalue weighted by Gasteiger charge is -2.18. The first-order chi connectivity index (χ1) is 14.9. The normalized spacial score (nSPS) is 18.5. The van der Waals surface area contributed by atoms with Crippen LogP contribution >= 0.6 is 0 Å². The highest BCUT2D eigenvalue weighted by molar-refractivity contribution is 6.20. The number of aromatic amines is 1. The number of imide groups is 1. The number of para-hydroxylation sites is 1. The zero-order valence-corrected chi connectivity index (χ0v) is 17.7. The summed E-state index contributed by atoms with van der Waals surface area (Å²) in [4.78, 5) is 41.9. The first-order valence-electron chi connectivity index (χ1n) is 10.8. The van der Waals surface area contributed by atoms with E-state index in [-0.39, 0.29) is 30.6 Å². The average Bonchev–Trinajstić information content (AvgIpc) is 3.27. The maximum Gasteiger partial charge on any atom is 0.257 e. The van der Waals surface area contributed by atoms with Crippen LogP contribution in [0.2, 0.25) is 0 Å². The summed E-state index contributed by atoms with van der Waals surface area (Å²) < 4.78 is 0. The number of carbonyl (C=O) groups is 3. The van der Waals surface area contributed by atoms with Gasteiger partial charge in [0, 0.05) is 29.6 Å². The average molecular weight is 415 g/mol. The number of carbonyl (C=O) groups excluding carboxylic acids is 3. The second kappa shape index (κ2) is 7.38. The number of amides is 3. The summed E-state index contributed by atoms with van der Waals surface area (Å²) in [6, 6.07) is 11.1. The van der Waals surface area contributed by atoms with Crippen molar-refractivity contribution in [2.45, 2.75) is 46.0 Å². The Morgan fingerprint density at radius 3 is 2.61 bits per heavy atom. The van der Waals surface area contributed by atoms with Gasteiger partial charge in [0.25, 0.3) is 5.91 Å². The number of aromatic nitrogens is 1. The number of aryl methyl sites for hydroxylation is 2. The molecule has 1 unspecified atom stereocenters. The molecular formula is C25H25N3O3. The van der Waals surface area contributed by atoms with Crippen molar-refractivity contribution in [1.29, 1.82) is 0 Å². The third-order valence-electron chi connectivity index (χ3n) is 6.46. The number of fused-ring (bicyclic) bond motifs is 3. The Bertz CT molecular complexity index is 1220. The standard InChI is InChI=1S/C25H25N3O3/c1-14-6-8-20-19(12-14)17-4-3-5-18(24(17)27-20)25(31)26-16-7-9-21(15(2)13-16)28-22(29)10-11-23(28)30/h3-5,7,9,13-14,27H,6,8,10-12H2,1-2H3,(H,26,31). The van der Waals surface area contributed by atoms with Crippen LogP contribution in [-0.4, -0.2) is 22.7 Å². The molecule has 1 aliphatic heterocycles. The maximum atomic E-state index is 13.1. The zero-order chi connectivity index (χ0) is 21.7. The minimum absolute atomic E-state index is 0.179. The monoisotopic (exact) mass is 415 g/mol. The molecule has 2 heterocycles. The summed E-state index contributed by atoms with van der Waals surface area (Å²) in [6.45, 7) is 4.11. The third-order valence-corrected chi connectivity index (χ3v) is 6.46. The molecule has 1 saturated heterocycles. The predicted octanol–water partition coefficient (Wildman–Crippen LogP) is 4.51. The Hall–Kier alpha value is -3.41. The van der Waals surface area contributed by atoms with Crippen molar-refractivity contribution < 1.29 is 14.4 Å². The maximum absolute atomic E-state index is 13.1. The lowest BCUT2D eigenvalue weighted by molar-refractivity contribution is -0.121. The van der Waals surface area contributed by atoms with Crippen molar-refractivity contribution in [3.63, 3.8) is 0 Å². The molecule has 6 heteroatoms. The first-order valence-corrected chi connectivity index (χ1v) is 10.8. The molecular weight excluding hydrogens is 390 g/mol. The number of nitrogens with zero attached hydrogens (tertiary/aromatic N) is 1. The largest absolute Gasteiger partial charge is 0.358 e. The van der Waals surface area contributed by atoms with Crippen molar-refractivity contribution in [1.82, 2.24) is 4.98 Å². The SMILES string of the molecule is Cc1cc(NC(=O)c2cccc3c4c([nH]c23)CCC(C)C4)ccc1N1C(=O)CCC1=O. The van der Waals surface area contributed by atoms with Crippen molar-refractivity contribution in [2.24, 2.45) is 5.92 Å². The summed E-state index contributed by atoms with van der Waals surface area (Å²) in [7, 11) is 0. The fourth-order valence-electron chi connectivity index (χ4n) is 4.83. The fraction of sp³-hybridized carbons (Fsp3) is 0.320. The van der Waals surface area contributed by atoms with E-state index >= 15 is 0 Å². The van der Waals surface area contributed by atoms with Gasteiger partial charge in [-0.15, -0.1) is 0 Å². The van der Waals surface area contributed by atoms with E-state index in [4.69, 9.17) is 0 Å². The lowest BCUT2D eigenvalue weighted by Crippen LogP contribution is -2.29. The topological polar surface area (TPSA) is 82.3 Å². The zero-order valence-electron chi connectivity index (χ0n) is 17.7. The predicted molar refractivity (Wildman–Crippen MR) is 120 cm³/mol. The number of benzene rings is 2. The van der Waals surface area contributed by atoms with Crippen LogP contribution in [0.4, 0.5) is 11.4 Å². The molecule has 1 aromatic heterocycles. The van der Waals surface area contributed by atoms with Crippen LogP contribution in [-0.2, 0) is 22.4 Å². The number of hydrogen-bond acceptors (Lipinski definition) is 3. The molecule has 31 heavy (non-hydrogen) atoms. The van der Waals surface area contributed by atoms with E-state index in [9.17, 15) is 14.4 Å². The van der Waals surface area contributed by atoms with Crippen LogP contribution in [0.25, 0.3) is 10.9 Å². The van der Waals surface area contributed by atoms with Gasteiger partial charge in [0.15, 0.2) is 0 Å². The number of rotatable bonds is 3. The fourth-order valence-corrected chi connectivity index (χ4v) is 4.83. The van der Waals surface area contributed by atoms with Gasteiger partial charge in [-0.25, -0.2) is 0 Å². The van der Waals surface area contributed by atoms with Gasteiger partial charge in [-0.1, -0.05) is 19.1 Å². The second-order valence-electron chi connectivity index (χ2n) is 8.74. The number of hydrogen-bond donors (Lipinski definition) is 2.